The van der Waals surface area contributed by atoms with Gasteiger partial charge in [-0.3, -0.25) is 4.55 Å². The summed E-state index contributed by atoms with van der Waals surface area (Å²) >= 11 is 0. The predicted octanol–water partition coefficient (Wildman–Crippen LogP) is 9.04. The molecule has 0 fully saturated rings. The first-order valence-corrected chi connectivity index (χ1v) is 12.6. The van der Waals surface area contributed by atoms with E-state index in [1.807, 2.05) is 0 Å². The van der Waals surface area contributed by atoms with Gasteiger partial charge in [-0.1, -0.05) is 0 Å². The minimum Gasteiger partial charge on any atom is -0.375 e. The molecule has 36 heteroatoms. The van der Waals surface area contributed by atoms with E-state index in [2.05, 4.69) is 0 Å². The third-order valence-electron chi connectivity index (χ3n) is 6.32. The molecule has 1 unspecified atom stereocenters. The second-order valence-electron chi connectivity index (χ2n) is 9.84. The van der Waals surface area contributed by atoms with Crippen molar-refractivity contribution in [3.05, 3.63) is 0 Å². The summed E-state index contributed by atoms with van der Waals surface area (Å²) in [5.41, 5.74) is -4.60. The number of hydrogen-bond donors (Lipinski definition) is 2. The van der Waals surface area contributed by atoms with E-state index in [1.165, 1.54) is 0 Å². The second-order valence-corrected chi connectivity index (χ2v) is 11.4. The molecule has 0 aliphatic heterocycles. The van der Waals surface area contributed by atoms with Crippen molar-refractivity contribution >= 4 is 10.1 Å². The smallest absolute Gasteiger partial charge is 0.375 e. The van der Waals surface area contributed by atoms with Gasteiger partial charge in [-0.2, -0.15) is 145 Å². The minimum absolute atomic E-state index is 4.13. The van der Waals surface area contributed by atoms with Crippen LogP contribution in [0, 0.1) is 0 Å². The lowest BCUT2D eigenvalue weighted by molar-refractivity contribution is -0.489. The maximum Gasteiger partial charge on any atom is 0.460 e. The molecule has 4 nitrogen and oxygen atoms in total. The van der Waals surface area contributed by atoms with Gasteiger partial charge in [-0.15, -0.1) is 0 Å². The molecule has 0 aliphatic rings. The van der Waals surface area contributed by atoms with Gasteiger partial charge in [0.05, 0.1) is 6.42 Å². The zero-order valence-electron chi connectivity index (χ0n) is 22.6. The zero-order chi connectivity index (χ0) is 44.3. The topological polar surface area (TPSA) is 74.6 Å². The van der Waals surface area contributed by atoms with Crippen LogP contribution in [0.25, 0.3) is 0 Å². The Kier molecular flexibility index (Phi) is 11.8. The molecule has 0 rings (SSSR count). The average molecular weight is 894 g/mol. The number of alkyl halides is 31. The number of rotatable bonds is 16. The molecule has 2 N–H and O–H groups in total. The first kappa shape index (κ1) is 50.7. The van der Waals surface area contributed by atoms with Crippen LogP contribution in [0.2, 0.25) is 0 Å². The Balaban J connectivity index is 7.65. The Morgan fingerprint density at radius 1 is 0.321 bits per heavy atom. The highest BCUT2D eigenvalue weighted by Crippen LogP contribution is 2.69. The van der Waals surface area contributed by atoms with Crippen LogP contribution in [-0.2, 0) is 10.1 Å². The molecule has 0 amide bonds. The van der Waals surface area contributed by atoms with Gasteiger partial charge in [-0.05, 0) is 0 Å². The monoisotopic (exact) mass is 894 g/mol. The Bertz CT molecular complexity index is 1460. The molecular weight excluding hydrogens is 889 g/mol. The second kappa shape index (κ2) is 12.3. The van der Waals surface area contributed by atoms with Gasteiger partial charge in [-0.25, -0.2) is 0 Å². The van der Waals surface area contributed by atoms with Gasteiger partial charge in [0.15, 0.2) is 5.44 Å². The quantitative estimate of drug-likeness (QED) is 0.120. The summed E-state index contributed by atoms with van der Waals surface area (Å²) in [5.74, 6) is -134. The maximum absolute atomic E-state index is 13.8. The molecule has 0 spiro atoms. The van der Waals surface area contributed by atoms with Crippen molar-refractivity contribution in [2.24, 2.45) is 0 Å². The number of halogens is 31. The average Bonchev–Trinajstić information content (AvgIpc) is 2.89. The van der Waals surface area contributed by atoms with E-state index in [4.69, 9.17) is 9.66 Å². The van der Waals surface area contributed by atoms with Crippen molar-refractivity contribution in [2.45, 2.75) is 101 Å². The number of aliphatic hydroxyl groups excluding tert-OH is 1. The fourth-order valence-corrected chi connectivity index (χ4v) is 3.45. The summed E-state index contributed by atoms with van der Waals surface area (Å²) < 4.78 is 446. The normalized spacial score (nSPS) is 17.7. The fourth-order valence-electron chi connectivity index (χ4n) is 3.03. The third-order valence-corrected chi connectivity index (χ3v) is 7.18. The molecule has 0 aromatic rings. The Hall–Kier alpha value is -2.30. The molecular formula is C17H5F31O4S. The molecule has 0 aromatic heterocycles. The zero-order valence-corrected chi connectivity index (χ0v) is 23.4. The first-order chi connectivity index (χ1) is 22.1. The Labute approximate surface area is 266 Å². The van der Waals surface area contributed by atoms with E-state index >= 15 is 0 Å². The highest BCUT2D eigenvalue weighted by molar-refractivity contribution is 7.86. The Morgan fingerprint density at radius 2 is 0.472 bits per heavy atom. The molecule has 0 saturated carbocycles. The van der Waals surface area contributed by atoms with Gasteiger partial charge < -0.3 is 5.11 Å². The van der Waals surface area contributed by atoms with Crippen LogP contribution in [0.1, 0.15) is 6.42 Å². The molecule has 320 valence electrons. The highest BCUT2D eigenvalue weighted by Gasteiger charge is 3.01. The Morgan fingerprint density at radius 3 is 0.623 bits per heavy atom. The summed E-state index contributed by atoms with van der Waals surface area (Å²) in [7, 11) is -6.63. The summed E-state index contributed by atoms with van der Waals surface area (Å²) in [6.07, 6.45) is -12.5. The van der Waals surface area contributed by atoms with E-state index in [9.17, 15) is 145 Å². The lowest BCUT2D eigenvalue weighted by atomic mass is 9.83. The molecule has 1 atom stereocenters. The van der Waals surface area contributed by atoms with E-state index in [-0.39, 0.29) is 0 Å². The van der Waals surface area contributed by atoms with Crippen molar-refractivity contribution < 1.29 is 154 Å². The molecule has 0 bridgehead atoms. The number of hydrogen-bond acceptors (Lipinski definition) is 3. The molecule has 0 aliphatic carbocycles. The molecule has 0 heterocycles. The predicted molar refractivity (Wildman–Crippen MR) is 97.5 cm³/mol. The van der Waals surface area contributed by atoms with Crippen LogP contribution in [0.5, 0.6) is 0 Å². The third kappa shape index (κ3) is 6.23. The van der Waals surface area contributed by atoms with E-state index in [0.29, 0.717) is 0 Å². The van der Waals surface area contributed by atoms with Crippen molar-refractivity contribution in [3.8, 4) is 0 Å². The standard InChI is InChI=1S/C17H5F31O4S/c18-3(19,1-2(49)53(50,51)52)4(20,21)5(22,23)6(24,25)7(26,27)8(28,29)9(30,31)10(32,33)11(34,35)12(36,37)13(38,39)14(40,41)15(42,43)16(44,45)17(46,47)48/h2,49H,1H2,(H,50,51,52). The highest BCUT2D eigenvalue weighted by atomic mass is 32.2. The molecule has 0 aromatic carbocycles. The van der Waals surface area contributed by atoms with Crippen LogP contribution in [0.3, 0.4) is 0 Å². The van der Waals surface area contributed by atoms with E-state index in [1.54, 1.807) is 0 Å². The van der Waals surface area contributed by atoms with Crippen molar-refractivity contribution in [1.29, 1.82) is 0 Å². The van der Waals surface area contributed by atoms with Gasteiger partial charge in [0, 0.05) is 0 Å². The van der Waals surface area contributed by atoms with Crippen molar-refractivity contribution in [2.75, 3.05) is 0 Å². The van der Waals surface area contributed by atoms with Gasteiger partial charge in [0.1, 0.15) is 0 Å². The molecule has 0 saturated heterocycles. The summed E-state index contributed by atoms with van der Waals surface area (Å²) in [6, 6.07) is 0. The van der Waals surface area contributed by atoms with Crippen molar-refractivity contribution in [3.63, 3.8) is 0 Å². The van der Waals surface area contributed by atoms with Gasteiger partial charge >= 0.3 is 89.1 Å². The lowest BCUT2D eigenvalue weighted by Gasteiger charge is -2.46. The fraction of sp³-hybridized carbons (Fsp3) is 1.00. The summed E-state index contributed by atoms with van der Waals surface area (Å²) in [5, 5.41) is 8.51. The summed E-state index contributed by atoms with van der Waals surface area (Å²) in [6.45, 7) is 0. The minimum atomic E-state index is -10.2. The first-order valence-electron chi connectivity index (χ1n) is 11.1. The lowest BCUT2D eigenvalue weighted by Crippen LogP contribution is -2.79. The molecule has 53 heavy (non-hydrogen) atoms. The van der Waals surface area contributed by atoms with Crippen LogP contribution in [0.4, 0.5) is 136 Å². The van der Waals surface area contributed by atoms with Crippen molar-refractivity contribution in [1.82, 2.24) is 0 Å². The van der Waals surface area contributed by atoms with Crippen LogP contribution in [0.15, 0.2) is 0 Å². The van der Waals surface area contributed by atoms with Crippen LogP contribution in [-0.4, -0.2) is 113 Å². The summed E-state index contributed by atoms with van der Waals surface area (Å²) in [4.78, 5) is 0. The van der Waals surface area contributed by atoms with Gasteiger partial charge in [0.25, 0.3) is 10.1 Å². The number of aliphatic hydroxyl groups is 1. The SMILES string of the molecule is O=S(=O)(O)C(O)CC(F)(F)C(F)(F)C(F)(F)C(F)(F)C(F)(F)C(F)(F)C(F)(F)C(F)(F)C(F)(F)C(F)(F)C(F)(F)C(F)(F)C(F)(F)C(F)(F)C(F)(F)F. The molecule has 0 radical (unpaired) electrons. The van der Waals surface area contributed by atoms with E-state index in [0.717, 1.165) is 0 Å². The van der Waals surface area contributed by atoms with Crippen LogP contribution < -0.4 is 0 Å². The largest absolute Gasteiger partial charge is 0.460 e. The van der Waals surface area contributed by atoms with Crippen LogP contribution >= 0.6 is 0 Å². The maximum atomic E-state index is 13.8. The van der Waals surface area contributed by atoms with E-state index < -0.39 is 111 Å². The van der Waals surface area contributed by atoms with Gasteiger partial charge in [0.2, 0.25) is 0 Å².